The summed E-state index contributed by atoms with van der Waals surface area (Å²) >= 11 is 0. The second kappa shape index (κ2) is 8.89. The molecule has 29 heavy (non-hydrogen) atoms. The molecule has 150 valence electrons. The van der Waals surface area contributed by atoms with Crippen molar-refractivity contribution < 1.29 is 14.1 Å². The zero-order valence-electron chi connectivity index (χ0n) is 16.1. The fourth-order valence-electron chi connectivity index (χ4n) is 3.42. The number of rotatable bonds is 7. The number of amides is 1. The van der Waals surface area contributed by atoms with Crippen LogP contribution in [0.25, 0.3) is 11.4 Å². The first-order chi connectivity index (χ1) is 14.2. The molecule has 0 bridgehead atoms. The average Bonchev–Trinajstić information content (AvgIpc) is 3.39. The highest BCUT2D eigenvalue weighted by Crippen LogP contribution is 2.33. The summed E-state index contributed by atoms with van der Waals surface area (Å²) in [6.45, 7) is 1.76. The van der Waals surface area contributed by atoms with Crippen molar-refractivity contribution in [2.45, 2.75) is 25.4 Å². The van der Waals surface area contributed by atoms with Crippen LogP contribution in [0, 0.1) is 0 Å². The SMILES string of the molecule is COCC(=O)Nc1ccc(-c2noc([C@H]3CCCN3Cc3cccnc3)n2)cn1. The molecule has 1 N–H and O–H groups in total. The van der Waals surface area contributed by atoms with Gasteiger partial charge in [-0.3, -0.25) is 14.7 Å². The fraction of sp³-hybridized carbons (Fsp3) is 0.350. The van der Waals surface area contributed by atoms with Crippen LogP contribution in [-0.2, 0) is 16.1 Å². The van der Waals surface area contributed by atoms with Crippen LogP contribution in [0.1, 0.15) is 30.3 Å². The maximum Gasteiger partial charge on any atom is 0.251 e. The monoisotopic (exact) mass is 394 g/mol. The second-order valence-electron chi connectivity index (χ2n) is 6.86. The number of carbonyl (C=O) groups excluding carboxylic acids is 1. The smallest absolute Gasteiger partial charge is 0.251 e. The molecule has 0 unspecified atom stereocenters. The maximum atomic E-state index is 11.6. The van der Waals surface area contributed by atoms with Crippen LogP contribution in [0.2, 0.25) is 0 Å². The van der Waals surface area contributed by atoms with Crippen LogP contribution in [-0.4, -0.2) is 51.2 Å². The maximum absolute atomic E-state index is 11.6. The van der Waals surface area contributed by atoms with Gasteiger partial charge in [-0.05, 0) is 43.1 Å². The Balaban J connectivity index is 1.44. The first kappa shape index (κ1) is 19.2. The Labute approximate surface area is 168 Å². The standard InChI is InChI=1S/C20H22N6O3/c1-28-13-18(27)23-17-7-6-15(11-22-17)19-24-20(29-25-19)16-5-3-9-26(16)12-14-4-2-8-21-10-14/h2,4,6-8,10-11,16H,3,5,9,12-13H2,1H3,(H,22,23,27)/t16-/m1/s1. The third kappa shape index (κ3) is 4.64. The normalized spacial score (nSPS) is 16.8. The van der Waals surface area contributed by atoms with Crippen LogP contribution >= 0.6 is 0 Å². The molecule has 9 nitrogen and oxygen atoms in total. The molecule has 9 heteroatoms. The number of methoxy groups -OCH3 is 1. The van der Waals surface area contributed by atoms with Gasteiger partial charge >= 0.3 is 0 Å². The Morgan fingerprint density at radius 2 is 2.28 bits per heavy atom. The Bertz CT molecular complexity index is 944. The predicted molar refractivity (Wildman–Crippen MR) is 105 cm³/mol. The lowest BCUT2D eigenvalue weighted by molar-refractivity contribution is -0.119. The van der Waals surface area contributed by atoms with E-state index in [0.29, 0.717) is 17.5 Å². The van der Waals surface area contributed by atoms with Crippen molar-refractivity contribution in [3.05, 3.63) is 54.3 Å². The highest BCUT2D eigenvalue weighted by molar-refractivity contribution is 5.90. The minimum Gasteiger partial charge on any atom is -0.375 e. The molecule has 0 spiro atoms. The molecule has 1 aliphatic heterocycles. The minimum absolute atomic E-state index is 0.0193. The van der Waals surface area contributed by atoms with Crippen LogP contribution in [0.15, 0.2) is 47.4 Å². The number of nitrogens with one attached hydrogen (secondary N) is 1. The third-order valence-corrected chi connectivity index (χ3v) is 4.76. The Morgan fingerprint density at radius 1 is 1.34 bits per heavy atom. The van der Waals surface area contributed by atoms with E-state index in [-0.39, 0.29) is 18.6 Å². The number of hydrogen-bond acceptors (Lipinski definition) is 8. The average molecular weight is 394 g/mol. The number of aromatic nitrogens is 4. The van der Waals surface area contributed by atoms with Crippen LogP contribution in [0.5, 0.6) is 0 Å². The number of ether oxygens (including phenoxy) is 1. The molecule has 4 heterocycles. The second-order valence-corrected chi connectivity index (χ2v) is 6.86. The van der Waals surface area contributed by atoms with E-state index < -0.39 is 0 Å². The van der Waals surface area contributed by atoms with E-state index in [2.05, 4.69) is 36.4 Å². The summed E-state index contributed by atoms with van der Waals surface area (Å²) in [7, 11) is 1.46. The first-order valence-corrected chi connectivity index (χ1v) is 9.44. The van der Waals surface area contributed by atoms with Gasteiger partial charge in [-0.2, -0.15) is 4.98 Å². The molecule has 1 amide bonds. The Morgan fingerprint density at radius 3 is 3.03 bits per heavy atom. The molecule has 4 rings (SSSR count). The summed E-state index contributed by atoms with van der Waals surface area (Å²) in [5.74, 6) is 1.27. The van der Waals surface area contributed by atoms with Gasteiger partial charge in [0.25, 0.3) is 5.91 Å². The summed E-state index contributed by atoms with van der Waals surface area (Å²) in [6.07, 6.45) is 7.33. The zero-order valence-corrected chi connectivity index (χ0v) is 16.1. The van der Waals surface area contributed by atoms with Gasteiger partial charge in [0.15, 0.2) is 0 Å². The lowest BCUT2D eigenvalue weighted by Crippen LogP contribution is -2.23. The molecule has 3 aromatic heterocycles. The van der Waals surface area contributed by atoms with Crippen molar-refractivity contribution in [1.29, 1.82) is 0 Å². The van der Waals surface area contributed by atoms with Gasteiger partial charge in [0, 0.05) is 37.8 Å². The Kier molecular flexibility index (Phi) is 5.87. The van der Waals surface area contributed by atoms with Crippen molar-refractivity contribution in [2.24, 2.45) is 0 Å². The summed E-state index contributed by atoms with van der Waals surface area (Å²) in [4.78, 5) is 26.9. The van der Waals surface area contributed by atoms with E-state index >= 15 is 0 Å². The van der Waals surface area contributed by atoms with E-state index in [1.54, 1.807) is 24.5 Å². The topological polar surface area (TPSA) is 106 Å². The largest absolute Gasteiger partial charge is 0.375 e. The zero-order chi connectivity index (χ0) is 20.1. The number of likely N-dealkylation sites (tertiary alicyclic amines) is 1. The van der Waals surface area contributed by atoms with E-state index in [0.717, 1.165) is 37.1 Å². The van der Waals surface area contributed by atoms with Crippen molar-refractivity contribution in [3.63, 3.8) is 0 Å². The number of pyridine rings is 2. The Hall–Kier alpha value is -3.17. The lowest BCUT2D eigenvalue weighted by atomic mass is 10.2. The molecule has 0 aromatic carbocycles. The number of anilines is 1. The van der Waals surface area contributed by atoms with Crippen molar-refractivity contribution in [1.82, 2.24) is 25.0 Å². The van der Waals surface area contributed by atoms with E-state index in [1.165, 1.54) is 7.11 Å². The van der Waals surface area contributed by atoms with Gasteiger partial charge in [0.05, 0.1) is 6.04 Å². The minimum atomic E-state index is -0.260. The molecule has 3 aromatic rings. The molecule has 0 aliphatic carbocycles. The summed E-state index contributed by atoms with van der Waals surface area (Å²) in [6, 6.07) is 7.60. The quantitative estimate of drug-likeness (QED) is 0.651. The van der Waals surface area contributed by atoms with Gasteiger partial charge in [-0.1, -0.05) is 11.2 Å². The molecule has 0 saturated carbocycles. The fourth-order valence-corrected chi connectivity index (χ4v) is 3.42. The van der Waals surface area contributed by atoms with Gasteiger partial charge < -0.3 is 14.6 Å². The molecular formula is C20H22N6O3. The van der Waals surface area contributed by atoms with Crippen molar-refractivity contribution in [3.8, 4) is 11.4 Å². The van der Waals surface area contributed by atoms with E-state index in [1.807, 2.05) is 12.3 Å². The molecular weight excluding hydrogens is 372 g/mol. The lowest BCUT2D eigenvalue weighted by Gasteiger charge is -2.21. The van der Waals surface area contributed by atoms with Gasteiger partial charge in [0.1, 0.15) is 12.4 Å². The molecule has 1 fully saturated rings. The highest BCUT2D eigenvalue weighted by Gasteiger charge is 2.30. The summed E-state index contributed by atoms with van der Waals surface area (Å²) in [5, 5.41) is 6.77. The van der Waals surface area contributed by atoms with Crippen LogP contribution in [0.3, 0.4) is 0 Å². The molecule has 1 saturated heterocycles. The van der Waals surface area contributed by atoms with Crippen LogP contribution in [0.4, 0.5) is 5.82 Å². The number of nitrogens with zero attached hydrogens (tertiary/aromatic N) is 5. The summed E-state index contributed by atoms with van der Waals surface area (Å²) < 4.78 is 10.4. The van der Waals surface area contributed by atoms with Gasteiger partial charge in [0.2, 0.25) is 11.7 Å². The van der Waals surface area contributed by atoms with E-state index in [4.69, 9.17) is 9.26 Å². The van der Waals surface area contributed by atoms with Crippen LogP contribution < -0.4 is 5.32 Å². The highest BCUT2D eigenvalue weighted by atomic mass is 16.5. The third-order valence-electron chi connectivity index (χ3n) is 4.76. The van der Waals surface area contributed by atoms with Crippen molar-refractivity contribution >= 4 is 11.7 Å². The van der Waals surface area contributed by atoms with Crippen molar-refractivity contribution in [2.75, 3.05) is 25.6 Å². The first-order valence-electron chi connectivity index (χ1n) is 9.44. The van der Waals surface area contributed by atoms with Gasteiger partial charge in [-0.15, -0.1) is 0 Å². The summed E-state index contributed by atoms with van der Waals surface area (Å²) in [5.41, 5.74) is 1.89. The predicted octanol–water partition coefficient (Wildman–Crippen LogP) is 2.45. The molecule has 1 atom stereocenters. The number of carbonyl (C=O) groups is 1. The molecule has 0 radical (unpaired) electrons. The number of hydrogen-bond donors (Lipinski definition) is 1. The molecule has 1 aliphatic rings. The van der Waals surface area contributed by atoms with E-state index in [9.17, 15) is 4.79 Å². The van der Waals surface area contributed by atoms with Gasteiger partial charge in [-0.25, -0.2) is 4.98 Å².